The van der Waals surface area contributed by atoms with Crippen molar-refractivity contribution in [3.05, 3.63) is 16.4 Å². The number of alkyl halides is 1. The first-order chi connectivity index (χ1) is 7.70. The average molecular weight is 264 g/mol. The third-order valence-electron chi connectivity index (χ3n) is 1.65. The number of nitro groups is 1. The number of hydrogen-bond donors (Lipinski definition) is 0. The predicted octanol–water partition coefficient (Wildman–Crippen LogP) is 2.11. The van der Waals surface area contributed by atoms with Crippen molar-refractivity contribution in [2.24, 2.45) is 0 Å². The molecule has 6 nitrogen and oxygen atoms in total. The van der Waals surface area contributed by atoms with Crippen LogP contribution in [0, 0.1) is 10.1 Å². The number of rotatable bonds is 6. The average Bonchev–Trinajstić information content (AvgIpc) is 2.28. The number of nitrogens with zero attached hydrogens (tertiary/aromatic N) is 3. The maximum Gasteiger partial charge on any atom is 0.362 e. The van der Waals surface area contributed by atoms with E-state index in [0.717, 1.165) is 6.42 Å². The molecule has 88 valence electrons. The molecule has 1 heterocycles. The highest BCUT2D eigenvalue weighted by Crippen LogP contribution is 2.33. The minimum atomic E-state index is -0.540. The highest BCUT2D eigenvalue weighted by Gasteiger charge is 2.23. The summed E-state index contributed by atoms with van der Waals surface area (Å²) in [5.74, 6) is 1.17. The van der Waals surface area contributed by atoms with Gasteiger partial charge in [-0.3, -0.25) is 10.1 Å². The molecule has 8 heteroatoms. The fraction of sp³-hybridized carbons (Fsp3) is 0.500. The minimum Gasteiger partial charge on any atom is -0.476 e. The summed E-state index contributed by atoms with van der Waals surface area (Å²) in [6, 6.07) is 0. The van der Waals surface area contributed by atoms with E-state index in [1.807, 2.05) is 0 Å². The Balaban J connectivity index is 2.93. The van der Waals surface area contributed by atoms with Crippen molar-refractivity contribution in [2.45, 2.75) is 11.4 Å². The molecule has 0 amide bonds. The zero-order valence-corrected chi connectivity index (χ0v) is 10.1. The van der Waals surface area contributed by atoms with E-state index >= 15 is 0 Å². The van der Waals surface area contributed by atoms with E-state index in [-0.39, 0.29) is 11.6 Å². The highest BCUT2D eigenvalue weighted by molar-refractivity contribution is 7.99. The van der Waals surface area contributed by atoms with Gasteiger partial charge in [-0.1, -0.05) is 11.8 Å². The number of ether oxygens (including phenoxy) is 1. The molecule has 0 saturated heterocycles. The molecule has 1 aromatic rings. The maximum atomic E-state index is 10.8. The van der Waals surface area contributed by atoms with Crippen molar-refractivity contribution >= 4 is 29.1 Å². The van der Waals surface area contributed by atoms with Crippen molar-refractivity contribution in [1.29, 1.82) is 0 Å². The van der Waals surface area contributed by atoms with Crippen molar-refractivity contribution < 1.29 is 9.66 Å². The SMILES string of the molecule is COc1ncnc(SCCCCl)c1[N+](=O)[O-]. The van der Waals surface area contributed by atoms with E-state index in [0.29, 0.717) is 16.7 Å². The molecule has 0 bridgehead atoms. The number of aromatic nitrogens is 2. The van der Waals surface area contributed by atoms with E-state index < -0.39 is 4.92 Å². The van der Waals surface area contributed by atoms with Gasteiger partial charge in [-0.2, -0.15) is 4.98 Å². The van der Waals surface area contributed by atoms with Crippen LogP contribution in [0.25, 0.3) is 0 Å². The zero-order valence-electron chi connectivity index (χ0n) is 8.55. The molecule has 0 atom stereocenters. The van der Waals surface area contributed by atoms with Gasteiger partial charge in [0.25, 0.3) is 5.88 Å². The molecule has 16 heavy (non-hydrogen) atoms. The number of halogens is 1. The Morgan fingerprint density at radius 3 is 2.94 bits per heavy atom. The molecule has 0 radical (unpaired) electrons. The molecule has 1 aromatic heterocycles. The predicted molar refractivity (Wildman–Crippen MR) is 61.3 cm³/mol. The van der Waals surface area contributed by atoms with Crippen molar-refractivity contribution in [1.82, 2.24) is 9.97 Å². The van der Waals surface area contributed by atoms with Gasteiger partial charge in [-0.15, -0.1) is 11.6 Å². The van der Waals surface area contributed by atoms with Crippen LogP contribution in [-0.2, 0) is 0 Å². The minimum absolute atomic E-state index is 0.0200. The van der Waals surface area contributed by atoms with Crippen LogP contribution >= 0.6 is 23.4 Å². The fourth-order valence-electron chi connectivity index (χ4n) is 0.982. The second-order valence-corrected chi connectivity index (χ2v) is 4.15. The molecule has 0 aliphatic carbocycles. The van der Waals surface area contributed by atoms with Gasteiger partial charge in [0.1, 0.15) is 6.33 Å². The first kappa shape index (κ1) is 13.0. The Bertz CT molecular complexity index is 378. The van der Waals surface area contributed by atoms with Crippen LogP contribution in [0.2, 0.25) is 0 Å². The normalized spacial score (nSPS) is 10.1. The summed E-state index contributed by atoms with van der Waals surface area (Å²) in [4.78, 5) is 17.9. The van der Waals surface area contributed by atoms with Crippen LogP contribution in [0.4, 0.5) is 5.69 Å². The van der Waals surface area contributed by atoms with Gasteiger partial charge in [0, 0.05) is 11.6 Å². The second kappa shape index (κ2) is 6.49. The Morgan fingerprint density at radius 2 is 2.38 bits per heavy atom. The van der Waals surface area contributed by atoms with Crippen LogP contribution in [0.15, 0.2) is 11.4 Å². The molecule has 0 aromatic carbocycles. The van der Waals surface area contributed by atoms with Gasteiger partial charge < -0.3 is 4.74 Å². The Hall–Kier alpha value is -1.08. The largest absolute Gasteiger partial charge is 0.476 e. The lowest BCUT2D eigenvalue weighted by Crippen LogP contribution is -2.00. The second-order valence-electron chi connectivity index (χ2n) is 2.68. The van der Waals surface area contributed by atoms with Crippen LogP contribution in [0.1, 0.15) is 6.42 Å². The Morgan fingerprint density at radius 1 is 1.62 bits per heavy atom. The summed E-state index contributed by atoms with van der Waals surface area (Å²) in [6.45, 7) is 0. The molecule has 0 aliphatic rings. The van der Waals surface area contributed by atoms with Gasteiger partial charge in [-0.05, 0) is 6.42 Å². The third-order valence-corrected chi connectivity index (χ3v) is 2.98. The maximum absolute atomic E-state index is 10.8. The molecule has 0 saturated carbocycles. The summed E-state index contributed by atoms with van der Waals surface area (Å²) >= 11 is 6.80. The number of thioether (sulfide) groups is 1. The molecule has 0 aliphatic heterocycles. The fourth-order valence-corrected chi connectivity index (χ4v) is 2.18. The Kier molecular flexibility index (Phi) is 5.27. The number of hydrogen-bond acceptors (Lipinski definition) is 6. The highest BCUT2D eigenvalue weighted by atomic mass is 35.5. The van der Waals surface area contributed by atoms with E-state index in [4.69, 9.17) is 16.3 Å². The van der Waals surface area contributed by atoms with E-state index in [1.165, 1.54) is 25.2 Å². The quantitative estimate of drug-likeness (QED) is 0.195. The lowest BCUT2D eigenvalue weighted by Gasteiger charge is -2.03. The van der Waals surface area contributed by atoms with Crippen LogP contribution in [-0.4, -0.2) is 33.6 Å². The van der Waals surface area contributed by atoms with Crippen LogP contribution in [0.5, 0.6) is 5.88 Å². The summed E-state index contributed by atoms with van der Waals surface area (Å²) in [5.41, 5.74) is -0.190. The lowest BCUT2D eigenvalue weighted by atomic mass is 10.5. The third kappa shape index (κ3) is 3.21. The smallest absolute Gasteiger partial charge is 0.362 e. The molecule has 0 fully saturated rings. The Labute approximate surface area is 102 Å². The molecule has 1 rings (SSSR count). The molecular formula is C8H10ClN3O3S. The van der Waals surface area contributed by atoms with Gasteiger partial charge in [0.15, 0.2) is 5.03 Å². The first-order valence-electron chi connectivity index (χ1n) is 4.42. The van der Waals surface area contributed by atoms with E-state index in [1.54, 1.807) is 0 Å². The van der Waals surface area contributed by atoms with Gasteiger partial charge in [0.05, 0.1) is 12.0 Å². The van der Waals surface area contributed by atoms with Crippen molar-refractivity contribution in [2.75, 3.05) is 18.7 Å². The van der Waals surface area contributed by atoms with Crippen molar-refractivity contribution in [3.63, 3.8) is 0 Å². The topological polar surface area (TPSA) is 78.2 Å². The summed E-state index contributed by atoms with van der Waals surface area (Å²) in [5, 5.41) is 11.1. The molecule has 0 spiro atoms. The van der Waals surface area contributed by atoms with Gasteiger partial charge in [0.2, 0.25) is 0 Å². The summed E-state index contributed by atoms with van der Waals surface area (Å²) < 4.78 is 4.82. The first-order valence-corrected chi connectivity index (χ1v) is 5.94. The summed E-state index contributed by atoms with van der Waals surface area (Å²) in [7, 11) is 1.34. The zero-order chi connectivity index (χ0) is 12.0. The van der Waals surface area contributed by atoms with Crippen LogP contribution in [0.3, 0.4) is 0 Å². The van der Waals surface area contributed by atoms with E-state index in [2.05, 4.69) is 9.97 Å². The summed E-state index contributed by atoms with van der Waals surface area (Å²) in [6.07, 6.45) is 2.00. The van der Waals surface area contributed by atoms with Gasteiger partial charge >= 0.3 is 5.69 Å². The van der Waals surface area contributed by atoms with E-state index in [9.17, 15) is 10.1 Å². The van der Waals surface area contributed by atoms with Crippen LogP contribution < -0.4 is 4.74 Å². The lowest BCUT2D eigenvalue weighted by molar-refractivity contribution is -0.389. The monoisotopic (exact) mass is 263 g/mol. The van der Waals surface area contributed by atoms with Gasteiger partial charge in [-0.25, -0.2) is 4.98 Å². The molecular weight excluding hydrogens is 254 g/mol. The standard InChI is InChI=1S/C8H10ClN3O3S/c1-15-7-6(12(13)14)8(11-5-10-7)16-4-2-3-9/h5H,2-4H2,1H3. The molecule has 0 N–H and O–H groups in total. The van der Waals surface area contributed by atoms with Crippen molar-refractivity contribution in [3.8, 4) is 5.88 Å². The molecule has 0 unspecified atom stereocenters. The number of methoxy groups -OCH3 is 1.